The lowest BCUT2D eigenvalue weighted by molar-refractivity contribution is 0.660. The topological polar surface area (TPSA) is 3.24 Å². The summed E-state index contributed by atoms with van der Waals surface area (Å²) in [5, 5.41) is 2.52. The molecule has 0 fully saturated rings. The molecule has 0 heterocycles. The second-order valence-corrected chi connectivity index (χ2v) is 14.2. The minimum absolute atomic E-state index is 0.0800. The molecular weight excluding hydrogens is 567 g/mol. The Morgan fingerprint density at radius 2 is 0.936 bits per heavy atom. The van der Waals surface area contributed by atoms with Crippen molar-refractivity contribution in [3.63, 3.8) is 0 Å². The van der Waals surface area contributed by atoms with Crippen molar-refractivity contribution in [2.75, 3.05) is 4.90 Å². The minimum atomic E-state index is -0.0953. The Labute approximate surface area is 277 Å². The quantitative estimate of drug-likeness (QED) is 0.193. The summed E-state index contributed by atoms with van der Waals surface area (Å²) in [5.74, 6) is 0. The van der Waals surface area contributed by atoms with E-state index in [4.69, 9.17) is 0 Å². The van der Waals surface area contributed by atoms with E-state index >= 15 is 0 Å². The van der Waals surface area contributed by atoms with E-state index in [0.29, 0.717) is 0 Å². The van der Waals surface area contributed by atoms with Gasteiger partial charge in [-0.15, -0.1) is 0 Å². The molecule has 0 aromatic heterocycles. The molecule has 0 atom stereocenters. The normalized spacial score (nSPS) is 14.7. The van der Waals surface area contributed by atoms with Gasteiger partial charge in [-0.1, -0.05) is 143 Å². The molecule has 0 N–H and O–H groups in total. The number of benzene rings is 7. The first kappa shape index (κ1) is 27.9. The van der Waals surface area contributed by atoms with E-state index in [-0.39, 0.29) is 10.8 Å². The van der Waals surface area contributed by atoms with E-state index in [0.717, 1.165) is 0 Å². The molecule has 7 aromatic rings. The fourth-order valence-corrected chi connectivity index (χ4v) is 8.42. The molecule has 0 unspecified atom stereocenters. The maximum atomic E-state index is 2.51. The molecule has 0 bridgehead atoms. The van der Waals surface area contributed by atoms with Gasteiger partial charge in [-0.3, -0.25) is 0 Å². The third-order valence-corrected chi connectivity index (χ3v) is 10.9. The highest BCUT2D eigenvalue weighted by atomic mass is 15.1. The summed E-state index contributed by atoms with van der Waals surface area (Å²) >= 11 is 0. The number of para-hydroxylation sites is 1. The minimum Gasteiger partial charge on any atom is -0.309 e. The lowest BCUT2D eigenvalue weighted by atomic mass is 9.81. The van der Waals surface area contributed by atoms with Gasteiger partial charge in [0, 0.05) is 27.5 Å². The molecule has 0 aliphatic heterocycles. The first-order valence-corrected chi connectivity index (χ1v) is 16.7. The molecule has 9 rings (SSSR count). The van der Waals surface area contributed by atoms with Crippen molar-refractivity contribution in [3.05, 3.63) is 174 Å². The fourth-order valence-electron chi connectivity index (χ4n) is 8.42. The Bertz CT molecular complexity index is 2360. The van der Waals surface area contributed by atoms with Crippen molar-refractivity contribution in [2.45, 2.75) is 38.5 Å². The zero-order chi connectivity index (χ0) is 31.9. The maximum Gasteiger partial charge on any atom is 0.0540 e. The van der Waals surface area contributed by atoms with E-state index < -0.39 is 0 Å². The number of hydrogen-bond acceptors (Lipinski definition) is 1. The Balaban J connectivity index is 1.32. The summed E-state index contributed by atoms with van der Waals surface area (Å²) in [5.41, 5.74) is 16.7. The third-order valence-electron chi connectivity index (χ3n) is 10.9. The molecule has 1 nitrogen and oxygen atoms in total. The molecular formula is C46H37N. The predicted octanol–water partition coefficient (Wildman–Crippen LogP) is 12.6. The number of anilines is 3. The summed E-state index contributed by atoms with van der Waals surface area (Å²) in [4.78, 5) is 2.51. The highest BCUT2D eigenvalue weighted by Gasteiger charge is 2.37. The molecule has 2 aliphatic rings. The zero-order valence-corrected chi connectivity index (χ0v) is 27.4. The highest BCUT2D eigenvalue weighted by molar-refractivity contribution is 6.04. The average Bonchev–Trinajstić information content (AvgIpc) is 3.47. The summed E-state index contributed by atoms with van der Waals surface area (Å²) in [7, 11) is 0. The van der Waals surface area contributed by atoms with Gasteiger partial charge in [-0.05, 0) is 91.9 Å². The standard InChI is InChI=1S/C46H37N/c1-45(2)39-21-11-8-19-34(39)36-26-25-32(28-41(36)45)47(43-23-13-10-18-33(43)30-15-6-5-7-16-30)44-24-14-17-31-27-38-35-20-9-12-22-40(35)46(3,4)42(38)29-37(31)44/h5-29H,1-4H3. The summed E-state index contributed by atoms with van der Waals surface area (Å²) in [6.45, 7) is 9.47. The third kappa shape index (κ3) is 4.02. The molecule has 7 aromatic carbocycles. The van der Waals surface area contributed by atoms with Gasteiger partial charge in [0.05, 0.1) is 11.4 Å². The summed E-state index contributed by atoms with van der Waals surface area (Å²) in [6.07, 6.45) is 0. The molecule has 0 amide bonds. The average molecular weight is 604 g/mol. The van der Waals surface area contributed by atoms with Crippen LogP contribution in [0.4, 0.5) is 17.1 Å². The molecule has 47 heavy (non-hydrogen) atoms. The fraction of sp³-hybridized carbons (Fsp3) is 0.130. The van der Waals surface area contributed by atoms with Crippen LogP contribution in [0.5, 0.6) is 0 Å². The Morgan fingerprint density at radius 1 is 0.383 bits per heavy atom. The van der Waals surface area contributed by atoms with Crippen LogP contribution in [-0.4, -0.2) is 0 Å². The first-order valence-electron chi connectivity index (χ1n) is 16.7. The Hall–Kier alpha value is -5.40. The van der Waals surface area contributed by atoms with Gasteiger partial charge in [0.2, 0.25) is 0 Å². The van der Waals surface area contributed by atoms with E-state index in [1.54, 1.807) is 0 Å². The van der Waals surface area contributed by atoms with Crippen molar-refractivity contribution >= 4 is 27.8 Å². The second kappa shape index (κ2) is 10.0. The molecule has 0 radical (unpaired) electrons. The highest BCUT2D eigenvalue weighted by Crippen LogP contribution is 2.54. The summed E-state index contributed by atoms with van der Waals surface area (Å²) < 4.78 is 0. The Kier molecular flexibility index (Phi) is 5.96. The van der Waals surface area contributed by atoms with Gasteiger partial charge in [-0.2, -0.15) is 0 Å². The van der Waals surface area contributed by atoms with E-state index in [1.807, 2.05) is 0 Å². The van der Waals surface area contributed by atoms with Crippen LogP contribution in [0.1, 0.15) is 49.9 Å². The van der Waals surface area contributed by atoms with Gasteiger partial charge >= 0.3 is 0 Å². The van der Waals surface area contributed by atoms with Crippen LogP contribution in [0.25, 0.3) is 44.2 Å². The van der Waals surface area contributed by atoms with Crippen molar-refractivity contribution < 1.29 is 0 Å². The van der Waals surface area contributed by atoms with Crippen LogP contribution in [0.2, 0.25) is 0 Å². The smallest absolute Gasteiger partial charge is 0.0540 e. The van der Waals surface area contributed by atoms with Gasteiger partial charge in [-0.25, -0.2) is 0 Å². The van der Waals surface area contributed by atoms with Crippen molar-refractivity contribution in [1.82, 2.24) is 0 Å². The molecule has 226 valence electrons. The predicted molar refractivity (Wildman–Crippen MR) is 199 cm³/mol. The number of rotatable bonds is 4. The van der Waals surface area contributed by atoms with E-state index in [1.165, 1.54) is 83.5 Å². The largest absolute Gasteiger partial charge is 0.309 e. The van der Waals surface area contributed by atoms with Crippen LogP contribution in [-0.2, 0) is 10.8 Å². The van der Waals surface area contributed by atoms with Gasteiger partial charge in [0.25, 0.3) is 0 Å². The SMILES string of the molecule is CC1(C)c2ccccc2-c2ccc(N(c3ccccc3-c3ccccc3)c3cccc4cc5c(cc34)C(C)(C)c3ccccc3-5)cc21. The van der Waals surface area contributed by atoms with Crippen molar-refractivity contribution in [3.8, 4) is 33.4 Å². The first-order chi connectivity index (χ1) is 22.8. The maximum absolute atomic E-state index is 2.51. The zero-order valence-electron chi connectivity index (χ0n) is 27.4. The van der Waals surface area contributed by atoms with Gasteiger partial charge in [0.1, 0.15) is 0 Å². The lowest BCUT2D eigenvalue weighted by Gasteiger charge is -2.31. The monoisotopic (exact) mass is 603 g/mol. The number of fused-ring (bicyclic) bond motifs is 7. The summed E-state index contributed by atoms with van der Waals surface area (Å²) in [6, 6.07) is 56.3. The van der Waals surface area contributed by atoms with Crippen molar-refractivity contribution in [2.24, 2.45) is 0 Å². The Morgan fingerprint density at radius 3 is 1.66 bits per heavy atom. The molecule has 0 spiro atoms. The molecule has 0 saturated carbocycles. The van der Waals surface area contributed by atoms with Crippen LogP contribution in [0.15, 0.2) is 152 Å². The van der Waals surface area contributed by atoms with E-state index in [2.05, 4.69) is 184 Å². The van der Waals surface area contributed by atoms with Gasteiger partial charge < -0.3 is 4.90 Å². The van der Waals surface area contributed by atoms with Crippen LogP contribution in [0.3, 0.4) is 0 Å². The number of nitrogens with zero attached hydrogens (tertiary/aromatic N) is 1. The van der Waals surface area contributed by atoms with Crippen LogP contribution < -0.4 is 4.90 Å². The molecule has 2 aliphatic carbocycles. The number of hydrogen-bond donors (Lipinski definition) is 0. The van der Waals surface area contributed by atoms with Gasteiger partial charge in [0.15, 0.2) is 0 Å². The van der Waals surface area contributed by atoms with Crippen LogP contribution in [0, 0.1) is 0 Å². The molecule has 1 heteroatoms. The second-order valence-electron chi connectivity index (χ2n) is 14.2. The van der Waals surface area contributed by atoms with Crippen LogP contribution >= 0.6 is 0 Å². The molecule has 0 saturated heterocycles. The van der Waals surface area contributed by atoms with Crippen molar-refractivity contribution in [1.29, 1.82) is 0 Å². The lowest BCUT2D eigenvalue weighted by Crippen LogP contribution is -2.17. The van der Waals surface area contributed by atoms with E-state index in [9.17, 15) is 0 Å².